The molecule has 1 amide bonds. The Balaban J connectivity index is 1.94. The van der Waals surface area contributed by atoms with Crippen molar-refractivity contribution in [3.63, 3.8) is 0 Å². The van der Waals surface area contributed by atoms with Crippen LogP contribution in [0.5, 0.6) is 0 Å². The highest BCUT2D eigenvalue weighted by atomic mass is 16.5. The van der Waals surface area contributed by atoms with Gasteiger partial charge >= 0.3 is 5.97 Å². The van der Waals surface area contributed by atoms with Crippen molar-refractivity contribution in [3.05, 3.63) is 35.7 Å². The summed E-state index contributed by atoms with van der Waals surface area (Å²) >= 11 is 0. The summed E-state index contributed by atoms with van der Waals surface area (Å²) in [5, 5.41) is 1.72. The summed E-state index contributed by atoms with van der Waals surface area (Å²) in [4.78, 5) is 27.4. The van der Waals surface area contributed by atoms with E-state index in [1.165, 1.54) is 6.92 Å². The van der Waals surface area contributed by atoms with Crippen LogP contribution < -0.4 is 10.4 Å². The second-order valence-corrected chi connectivity index (χ2v) is 5.48. The topological polar surface area (TPSA) is 75.9 Å². The van der Waals surface area contributed by atoms with Crippen molar-refractivity contribution in [2.45, 2.75) is 20.8 Å². The molecule has 1 aliphatic rings. The standard InChI is InChI=1S/C16H18N4O3/c1-10-6-8-20(18-13(22)9-23-12(3)21)16-14(10)17-15-11(2)5-4-7-19(15)16/h4-7H,8-9H2,1-3H3,(H,18,22). The molecule has 2 aromatic heterocycles. The van der Waals surface area contributed by atoms with Gasteiger partial charge in [0.1, 0.15) is 11.3 Å². The highest BCUT2D eigenvalue weighted by Crippen LogP contribution is 2.31. The van der Waals surface area contributed by atoms with E-state index in [0.29, 0.717) is 6.54 Å². The molecular formula is C16H18N4O3. The number of imidazole rings is 1. The van der Waals surface area contributed by atoms with Crippen LogP contribution in [0.4, 0.5) is 5.82 Å². The number of amides is 1. The molecule has 23 heavy (non-hydrogen) atoms. The van der Waals surface area contributed by atoms with Crippen molar-refractivity contribution < 1.29 is 14.3 Å². The van der Waals surface area contributed by atoms with Gasteiger partial charge in [-0.3, -0.25) is 24.4 Å². The quantitative estimate of drug-likeness (QED) is 0.868. The van der Waals surface area contributed by atoms with Crippen molar-refractivity contribution >= 4 is 28.9 Å². The molecule has 3 rings (SSSR count). The minimum absolute atomic E-state index is 0.306. The summed E-state index contributed by atoms with van der Waals surface area (Å²) in [6, 6.07) is 3.94. The van der Waals surface area contributed by atoms with E-state index in [4.69, 9.17) is 4.74 Å². The van der Waals surface area contributed by atoms with E-state index in [1.54, 1.807) is 5.01 Å². The lowest BCUT2D eigenvalue weighted by atomic mass is 10.1. The summed E-state index contributed by atoms with van der Waals surface area (Å²) in [6.07, 6.45) is 3.91. The third kappa shape index (κ3) is 2.77. The summed E-state index contributed by atoms with van der Waals surface area (Å²) in [5.41, 5.74) is 6.57. The van der Waals surface area contributed by atoms with Gasteiger partial charge in [-0.15, -0.1) is 0 Å². The lowest BCUT2D eigenvalue weighted by Gasteiger charge is -2.27. The van der Waals surface area contributed by atoms with Crippen LogP contribution in [0.3, 0.4) is 0 Å². The molecule has 0 saturated heterocycles. The molecular weight excluding hydrogens is 296 g/mol. The number of anilines is 1. The lowest BCUT2D eigenvalue weighted by Crippen LogP contribution is -2.46. The van der Waals surface area contributed by atoms with E-state index in [2.05, 4.69) is 10.4 Å². The molecule has 0 spiro atoms. The molecule has 0 bridgehead atoms. The van der Waals surface area contributed by atoms with E-state index < -0.39 is 5.97 Å². The normalized spacial score (nSPS) is 13.5. The highest BCUT2D eigenvalue weighted by Gasteiger charge is 2.24. The minimum atomic E-state index is -0.486. The Kier molecular flexibility index (Phi) is 3.77. The number of hydrogen-bond donors (Lipinski definition) is 1. The predicted octanol–water partition coefficient (Wildman–Crippen LogP) is 1.46. The first-order valence-corrected chi connectivity index (χ1v) is 7.32. The number of rotatable bonds is 3. The molecule has 0 radical (unpaired) electrons. The van der Waals surface area contributed by atoms with Gasteiger partial charge in [-0.05, 0) is 31.1 Å². The smallest absolute Gasteiger partial charge is 0.303 e. The van der Waals surface area contributed by atoms with Crippen molar-refractivity contribution in [2.75, 3.05) is 18.2 Å². The molecule has 0 saturated carbocycles. The number of carbonyl (C=O) groups excluding carboxylic acids is 2. The number of aromatic nitrogens is 2. The number of ether oxygens (including phenoxy) is 1. The van der Waals surface area contributed by atoms with Gasteiger partial charge in [0.2, 0.25) is 0 Å². The van der Waals surface area contributed by atoms with Gasteiger partial charge in [0.25, 0.3) is 5.91 Å². The monoisotopic (exact) mass is 314 g/mol. The molecule has 7 nitrogen and oxygen atoms in total. The summed E-state index contributed by atoms with van der Waals surface area (Å²) in [5.74, 6) is -0.0674. The molecule has 2 aromatic rings. The Morgan fingerprint density at radius 3 is 2.91 bits per heavy atom. The number of nitrogens with one attached hydrogen (secondary N) is 1. The van der Waals surface area contributed by atoms with Gasteiger partial charge in [0, 0.05) is 13.1 Å². The summed E-state index contributed by atoms with van der Waals surface area (Å²) in [6.45, 7) is 5.48. The second-order valence-electron chi connectivity index (χ2n) is 5.48. The Morgan fingerprint density at radius 1 is 1.39 bits per heavy atom. The number of pyridine rings is 1. The number of hydrazine groups is 1. The van der Waals surface area contributed by atoms with Crippen LogP contribution in [-0.2, 0) is 14.3 Å². The first-order chi connectivity index (χ1) is 11.0. The van der Waals surface area contributed by atoms with Crippen LogP contribution in [-0.4, -0.2) is 34.4 Å². The maximum Gasteiger partial charge on any atom is 0.303 e. The van der Waals surface area contributed by atoms with Crippen LogP contribution in [0.2, 0.25) is 0 Å². The molecule has 0 aromatic carbocycles. The average molecular weight is 314 g/mol. The minimum Gasteiger partial charge on any atom is -0.456 e. The van der Waals surface area contributed by atoms with E-state index >= 15 is 0 Å². The van der Waals surface area contributed by atoms with Crippen molar-refractivity contribution in [1.29, 1.82) is 0 Å². The molecule has 0 fully saturated rings. The summed E-state index contributed by atoms with van der Waals surface area (Å²) in [7, 11) is 0. The second kappa shape index (κ2) is 5.75. The Labute approximate surface area is 133 Å². The maximum absolute atomic E-state index is 12.0. The largest absolute Gasteiger partial charge is 0.456 e. The number of fused-ring (bicyclic) bond motifs is 3. The lowest BCUT2D eigenvalue weighted by molar-refractivity contribution is -0.146. The zero-order valence-corrected chi connectivity index (χ0v) is 13.3. The van der Waals surface area contributed by atoms with Gasteiger partial charge in [-0.25, -0.2) is 4.98 Å². The molecule has 0 atom stereocenters. The summed E-state index contributed by atoms with van der Waals surface area (Å²) < 4.78 is 6.68. The average Bonchev–Trinajstić information content (AvgIpc) is 2.90. The number of nitrogens with zero attached hydrogens (tertiary/aromatic N) is 3. The van der Waals surface area contributed by atoms with Crippen molar-refractivity contribution in [1.82, 2.24) is 14.8 Å². The zero-order chi connectivity index (χ0) is 16.6. The van der Waals surface area contributed by atoms with Gasteiger partial charge < -0.3 is 4.74 Å². The molecule has 0 aliphatic carbocycles. The third-order valence-electron chi connectivity index (χ3n) is 3.70. The fourth-order valence-corrected chi connectivity index (χ4v) is 2.57. The molecule has 3 heterocycles. The SMILES string of the molecule is CC(=O)OCC(=O)NN1CC=C(C)c2nc3c(C)cccn3c21. The van der Waals surface area contributed by atoms with Crippen LogP contribution in [0, 0.1) is 6.92 Å². The van der Waals surface area contributed by atoms with Gasteiger partial charge in [-0.1, -0.05) is 12.1 Å². The van der Waals surface area contributed by atoms with Crippen LogP contribution in [0.25, 0.3) is 11.2 Å². The fraction of sp³-hybridized carbons (Fsp3) is 0.312. The number of aryl methyl sites for hydroxylation is 1. The number of allylic oxidation sites excluding steroid dienone is 1. The van der Waals surface area contributed by atoms with Gasteiger partial charge in [0.15, 0.2) is 12.4 Å². The van der Waals surface area contributed by atoms with E-state index in [9.17, 15) is 9.59 Å². The zero-order valence-electron chi connectivity index (χ0n) is 13.3. The van der Waals surface area contributed by atoms with Crippen LogP contribution in [0.15, 0.2) is 24.4 Å². The van der Waals surface area contributed by atoms with Gasteiger partial charge in [0.05, 0.1) is 6.54 Å². The van der Waals surface area contributed by atoms with Gasteiger partial charge in [-0.2, -0.15) is 0 Å². The molecule has 7 heteroatoms. The molecule has 1 aliphatic heterocycles. The van der Waals surface area contributed by atoms with Crippen molar-refractivity contribution in [2.24, 2.45) is 0 Å². The van der Waals surface area contributed by atoms with E-state index in [1.807, 2.05) is 42.7 Å². The Morgan fingerprint density at radius 2 is 2.17 bits per heavy atom. The maximum atomic E-state index is 12.0. The number of esters is 1. The Bertz CT molecular complexity index is 822. The number of carbonyl (C=O) groups is 2. The molecule has 120 valence electrons. The van der Waals surface area contributed by atoms with E-state index in [-0.39, 0.29) is 12.5 Å². The number of hydrogen-bond acceptors (Lipinski definition) is 5. The predicted molar refractivity (Wildman–Crippen MR) is 85.7 cm³/mol. The van der Waals surface area contributed by atoms with Crippen molar-refractivity contribution in [3.8, 4) is 0 Å². The van der Waals surface area contributed by atoms with Crippen LogP contribution in [0.1, 0.15) is 25.1 Å². The first kappa shape index (κ1) is 15.1. The highest BCUT2D eigenvalue weighted by molar-refractivity contribution is 5.84. The molecule has 0 unspecified atom stereocenters. The molecule has 1 N–H and O–H groups in total. The van der Waals surface area contributed by atoms with Crippen LogP contribution >= 0.6 is 0 Å². The Hall–Kier alpha value is -2.83. The fourth-order valence-electron chi connectivity index (χ4n) is 2.57. The third-order valence-corrected chi connectivity index (χ3v) is 3.70. The first-order valence-electron chi connectivity index (χ1n) is 7.32. The van der Waals surface area contributed by atoms with E-state index in [0.717, 1.165) is 28.3 Å².